The lowest BCUT2D eigenvalue weighted by Gasteiger charge is -2.11. The number of hydrogen-bond acceptors (Lipinski definition) is 5. The number of amides is 1. The van der Waals surface area contributed by atoms with Crippen molar-refractivity contribution in [3.8, 4) is 0 Å². The molecule has 130 valence electrons. The lowest BCUT2D eigenvalue weighted by atomic mass is 10.2. The molecule has 0 aliphatic carbocycles. The van der Waals surface area contributed by atoms with Crippen molar-refractivity contribution >= 4 is 50.8 Å². The van der Waals surface area contributed by atoms with Crippen LogP contribution < -0.4 is 0 Å². The van der Waals surface area contributed by atoms with E-state index in [0.29, 0.717) is 33.6 Å². The lowest BCUT2D eigenvalue weighted by Crippen LogP contribution is -2.26. The number of carbonyl (C=O) groups excluding carboxylic acids is 1. The van der Waals surface area contributed by atoms with Gasteiger partial charge in [0.05, 0.1) is 23.2 Å². The van der Waals surface area contributed by atoms with E-state index in [9.17, 15) is 13.2 Å². The van der Waals surface area contributed by atoms with Crippen LogP contribution in [0.4, 0.5) is 0 Å². The molecule has 0 saturated carbocycles. The minimum absolute atomic E-state index is 0.0372. The monoisotopic (exact) mass is 388 g/mol. The average Bonchev–Trinajstić information content (AvgIpc) is 3.07. The van der Waals surface area contributed by atoms with Crippen molar-refractivity contribution in [3.05, 3.63) is 22.1 Å². The molecule has 3 rings (SSSR count). The van der Waals surface area contributed by atoms with Gasteiger partial charge in [-0.3, -0.25) is 9.69 Å². The van der Waals surface area contributed by atoms with E-state index in [1.54, 1.807) is 36.7 Å². The number of rotatable bonds is 2. The summed E-state index contributed by atoms with van der Waals surface area (Å²) in [6.45, 7) is 1.78. The summed E-state index contributed by atoms with van der Waals surface area (Å²) in [5.41, 5.74) is 1.65. The van der Waals surface area contributed by atoms with Crippen LogP contribution in [0.15, 0.2) is 5.70 Å². The summed E-state index contributed by atoms with van der Waals surface area (Å²) in [6, 6.07) is -0.269. The first-order chi connectivity index (χ1) is 11.1. The number of carbonyl (C=O) groups is 1. The molecule has 1 aromatic rings. The summed E-state index contributed by atoms with van der Waals surface area (Å²) in [5, 5.41) is 5.14. The predicted octanol–water partition coefficient (Wildman–Crippen LogP) is 1.23. The second kappa shape index (κ2) is 5.82. The Bertz CT molecular complexity index is 875. The Labute approximate surface area is 150 Å². The number of sulfone groups is 1. The molecular formula is C14H17ClN4O3S2. The van der Waals surface area contributed by atoms with E-state index >= 15 is 0 Å². The third-order valence-corrected chi connectivity index (χ3v) is 7.04. The molecule has 0 N–H and O–H groups in total. The molecule has 24 heavy (non-hydrogen) atoms. The van der Waals surface area contributed by atoms with Gasteiger partial charge >= 0.3 is 0 Å². The van der Waals surface area contributed by atoms with E-state index in [-0.39, 0.29) is 23.5 Å². The van der Waals surface area contributed by atoms with Crippen molar-refractivity contribution in [1.82, 2.24) is 19.6 Å². The molecule has 0 unspecified atom stereocenters. The Morgan fingerprint density at radius 3 is 2.50 bits per heavy atom. The van der Waals surface area contributed by atoms with Crippen molar-refractivity contribution in [2.24, 2.45) is 0 Å². The van der Waals surface area contributed by atoms with Gasteiger partial charge in [0, 0.05) is 19.7 Å². The third kappa shape index (κ3) is 2.74. The third-order valence-electron chi connectivity index (χ3n) is 4.37. The molecule has 10 heteroatoms. The molecule has 3 heterocycles. The normalized spacial score (nSPS) is 25.3. The zero-order valence-corrected chi connectivity index (χ0v) is 15.9. The Kier molecular flexibility index (Phi) is 4.21. The fourth-order valence-electron chi connectivity index (χ4n) is 2.93. The number of halogens is 1. The molecular weight excluding hydrogens is 372 g/mol. The highest BCUT2D eigenvalue weighted by molar-refractivity contribution is 7.91. The highest BCUT2D eigenvalue weighted by atomic mass is 35.5. The molecule has 0 aromatic carbocycles. The van der Waals surface area contributed by atoms with E-state index < -0.39 is 9.84 Å². The topological polar surface area (TPSA) is 75.5 Å². The first-order valence-corrected chi connectivity index (χ1v) is 9.95. The SMILES string of the molecule is Cc1nn([C@H]2CCS(=O)(=O)C2)c(Cl)c1/C=C1\C(=O)N(C)C(=S)N1C. The minimum atomic E-state index is -3.04. The summed E-state index contributed by atoms with van der Waals surface area (Å²) in [6.07, 6.45) is 2.15. The quantitative estimate of drug-likeness (QED) is 0.560. The predicted molar refractivity (Wildman–Crippen MR) is 95.4 cm³/mol. The molecule has 1 atom stereocenters. The van der Waals surface area contributed by atoms with E-state index in [1.165, 1.54) is 4.90 Å². The number of aryl methyl sites for hydroxylation is 1. The van der Waals surface area contributed by atoms with Crippen molar-refractivity contribution in [3.63, 3.8) is 0 Å². The molecule has 1 aromatic heterocycles. The van der Waals surface area contributed by atoms with Crippen molar-refractivity contribution in [2.75, 3.05) is 25.6 Å². The zero-order valence-electron chi connectivity index (χ0n) is 13.5. The molecule has 0 bridgehead atoms. The molecule has 1 amide bonds. The Balaban J connectivity index is 2.01. The van der Waals surface area contributed by atoms with Crippen LogP contribution in [0.3, 0.4) is 0 Å². The summed E-state index contributed by atoms with van der Waals surface area (Å²) >= 11 is 11.6. The van der Waals surface area contributed by atoms with Crippen LogP contribution >= 0.6 is 23.8 Å². The summed E-state index contributed by atoms with van der Waals surface area (Å²) in [4.78, 5) is 15.3. The van der Waals surface area contributed by atoms with Gasteiger partial charge in [0.1, 0.15) is 10.9 Å². The van der Waals surface area contributed by atoms with Crippen LogP contribution in [0.25, 0.3) is 6.08 Å². The average molecular weight is 389 g/mol. The molecule has 2 aliphatic heterocycles. The second-order valence-corrected chi connectivity index (χ2v) is 8.98. The Morgan fingerprint density at radius 2 is 2.00 bits per heavy atom. The van der Waals surface area contributed by atoms with Gasteiger partial charge in [-0.2, -0.15) is 5.10 Å². The van der Waals surface area contributed by atoms with Crippen LogP contribution in [0.5, 0.6) is 0 Å². The highest BCUT2D eigenvalue weighted by Crippen LogP contribution is 2.32. The van der Waals surface area contributed by atoms with Gasteiger partial charge in [-0.1, -0.05) is 11.6 Å². The number of nitrogens with zero attached hydrogens (tertiary/aromatic N) is 4. The molecule has 2 fully saturated rings. The first kappa shape index (κ1) is 17.4. The number of thiocarbonyl (C=S) groups is 1. The van der Waals surface area contributed by atoms with Gasteiger partial charge in [-0.05, 0) is 31.6 Å². The van der Waals surface area contributed by atoms with Gasteiger partial charge in [0.2, 0.25) is 0 Å². The summed E-state index contributed by atoms with van der Waals surface area (Å²) in [7, 11) is 0.290. The van der Waals surface area contributed by atoms with Crippen LogP contribution in [0.2, 0.25) is 5.15 Å². The van der Waals surface area contributed by atoms with Crippen LogP contribution in [-0.4, -0.2) is 64.6 Å². The maximum Gasteiger partial charge on any atom is 0.276 e. The maximum atomic E-state index is 12.3. The lowest BCUT2D eigenvalue weighted by molar-refractivity contribution is -0.121. The fourth-order valence-corrected chi connectivity index (χ4v) is 5.17. The van der Waals surface area contributed by atoms with Crippen molar-refractivity contribution in [2.45, 2.75) is 19.4 Å². The number of likely N-dealkylation sites (N-methyl/N-ethyl adjacent to an activating group) is 2. The Morgan fingerprint density at radius 1 is 1.33 bits per heavy atom. The molecule has 0 radical (unpaired) electrons. The Hall–Kier alpha value is -1.45. The minimum Gasteiger partial charge on any atom is -0.317 e. The second-order valence-electron chi connectivity index (χ2n) is 6.03. The molecule has 2 saturated heterocycles. The van der Waals surface area contributed by atoms with Crippen molar-refractivity contribution in [1.29, 1.82) is 0 Å². The number of aromatic nitrogens is 2. The largest absolute Gasteiger partial charge is 0.317 e. The van der Waals surface area contributed by atoms with E-state index in [1.807, 2.05) is 0 Å². The highest BCUT2D eigenvalue weighted by Gasteiger charge is 2.35. The van der Waals surface area contributed by atoms with Crippen LogP contribution in [0.1, 0.15) is 23.7 Å². The smallest absolute Gasteiger partial charge is 0.276 e. The summed E-state index contributed by atoms with van der Waals surface area (Å²) < 4.78 is 24.9. The summed E-state index contributed by atoms with van der Waals surface area (Å²) in [5.74, 6) is -0.0341. The molecule has 2 aliphatic rings. The van der Waals surface area contributed by atoms with Gasteiger partial charge in [0.15, 0.2) is 14.9 Å². The number of hydrogen-bond donors (Lipinski definition) is 0. The van der Waals surface area contributed by atoms with Crippen LogP contribution in [-0.2, 0) is 14.6 Å². The maximum absolute atomic E-state index is 12.3. The van der Waals surface area contributed by atoms with E-state index in [2.05, 4.69) is 5.10 Å². The van der Waals surface area contributed by atoms with Crippen molar-refractivity contribution < 1.29 is 13.2 Å². The van der Waals surface area contributed by atoms with Gasteiger partial charge < -0.3 is 4.90 Å². The van der Waals surface area contributed by atoms with Gasteiger partial charge in [0.25, 0.3) is 5.91 Å². The van der Waals surface area contributed by atoms with Gasteiger partial charge in [-0.25, -0.2) is 13.1 Å². The zero-order chi connectivity index (χ0) is 17.8. The van der Waals surface area contributed by atoms with Gasteiger partial charge in [-0.15, -0.1) is 0 Å². The first-order valence-electron chi connectivity index (χ1n) is 7.35. The standard InChI is InChI=1S/C14H17ClN4O3S2/c1-8-10(6-11-13(20)18(3)14(23)17(11)2)12(15)19(16-8)9-4-5-24(21,22)7-9/h6,9H,4-5,7H2,1-3H3/b11-6+/t9-/m0/s1. The van der Waals surface area contributed by atoms with Crippen LogP contribution in [0, 0.1) is 6.92 Å². The van der Waals surface area contributed by atoms with E-state index in [4.69, 9.17) is 23.8 Å². The molecule has 0 spiro atoms. The van der Waals surface area contributed by atoms with E-state index in [0.717, 1.165) is 0 Å². The fraction of sp³-hybridized carbons (Fsp3) is 0.500. The molecule has 7 nitrogen and oxygen atoms in total.